The number of nitrogens with one attached hydrogen (secondary N) is 1. The lowest BCUT2D eigenvalue weighted by molar-refractivity contribution is -0.116. The van der Waals surface area contributed by atoms with Crippen LogP contribution in [0.4, 0.5) is 5.69 Å². The molecule has 3 N–H and O–H groups in total. The number of nitrogens with zero attached hydrogens (tertiary/aromatic N) is 3. The van der Waals surface area contributed by atoms with Crippen LogP contribution in [0.2, 0.25) is 5.02 Å². The number of carbonyl (C=O) groups is 1. The minimum Gasteiger partial charge on any atom is -0.330 e. The number of unbranched alkanes of at least 4 members (excludes halogenated alkanes) is 3. The fourth-order valence-electron chi connectivity index (χ4n) is 2.13. The van der Waals surface area contributed by atoms with Gasteiger partial charge in [-0.25, -0.2) is 0 Å². The number of carbonyl (C=O) groups excluding carboxylic acids is 1. The average Bonchev–Trinajstić information content (AvgIpc) is 2.95. The Balaban J connectivity index is 0.00000312. The topological polar surface area (TPSA) is 85.8 Å². The fourth-order valence-corrected chi connectivity index (χ4v) is 3.20. The van der Waals surface area contributed by atoms with Gasteiger partial charge in [0.2, 0.25) is 5.91 Å². The van der Waals surface area contributed by atoms with Crippen LogP contribution in [-0.2, 0) is 11.8 Å². The summed E-state index contributed by atoms with van der Waals surface area (Å²) in [5.74, 6) is 0.00696. The Hall–Kier alpha value is -1.28. The molecule has 0 aliphatic rings. The molecule has 1 aromatic heterocycles. The first-order chi connectivity index (χ1) is 11.6. The SMILES string of the molecule is Cl.Cn1cnnc1Sc1ccc(NC(=O)CCCCCCN)cc1Cl. The summed E-state index contributed by atoms with van der Waals surface area (Å²) in [6.07, 6.45) is 6.14. The van der Waals surface area contributed by atoms with E-state index in [1.807, 2.05) is 23.7 Å². The third-order valence-corrected chi connectivity index (χ3v) is 5.00. The van der Waals surface area contributed by atoms with E-state index < -0.39 is 0 Å². The minimum atomic E-state index is 0. The molecule has 2 rings (SSSR count). The van der Waals surface area contributed by atoms with Gasteiger partial charge >= 0.3 is 0 Å². The van der Waals surface area contributed by atoms with Gasteiger partial charge in [-0.1, -0.05) is 24.4 Å². The van der Waals surface area contributed by atoms with Crippen LogP contribution in [0.15, 0.2) is 34.6 Å². The first kappa shape index (κ1) is 21.8. The molecule has 138 valence electrons. The molecule has 1 amide bonds. The van der Waals surface area contributed by atoms with Crippen LogP contribution in [0.3, 0.4) is 0 Å². The van der Waals surface area contributed by atoms with Crippen molar-refractivity contribution in [3.8, 4) is 0 Å². The molecule has 2 aromatic rings. The summed E-state index contributed by atoms with van der Waals surface area (Å²) in [6.45, 7) is 0.712. The van der Waals surface area contributed by atoms with E-state index in [1.165, 1.54) is 11.8 Å². The predicted molar refractivity (Wildman–Crippen MR) is 105 cm³/mol. The highest BCUT2D eigenvalue weighted by Crippen LogP contribution is 2.33. The number of hydrogen-bond acceptors (Lipinski definition) is 5. The van der Waals surface area contributed by atoms with E-state index >= 15 is 0 Å². The summed E-state index contributed by atoms with van der Waals surface area (Å²) in [7, 11) is 1.87. The second-order valence-corrected chi connectivity index (χ2v) is 6.89. The summed E-state index contributed by atoms with van der Waals surface area (Å²) in [6, 6.07) is 5.47. The van der Waals surface area contributed by atoms with Crippen molar-refractivity contribution in [3.05, 3.63) is 29.5 Å². The third-order valence-electron chi connectivity index (χ3n) is 3.44. The zero-order valence-corrected chi connectivity index (χ0v) is 16.5. The summed E-state index contributed by atoms with van der Waals surface area (Å²) in [5, 5.41) is 12.1. The molecule has 0 aliphatic heterocycles. The molecule has 1 aromatic carbocycles. The maximum Gasteiger partial charge on any atom is 0.224 e. The van der Waals surface area contributed by atoms with Gasteiger partial charge in [-0.2, -0.15) is 0 Å². The first-order valence-corrected chi connectivity index (χ1v) is 9.11. The van der Waals surface area contributed by atoms with E-state index in [4.69, 9.17) is 17.3 Å². The standard InChI is InChI=1S/C16H22ClN5OS.ClH/c1-22-11-19-21-16(22)24-14-8-7-12(10-13(14)17)20-15(23)6-4-2-3-5-9-18;/h7-8,10-11H,2-6,9,18H2,1H3,(H,20,23);1H. The molecule has 0 bridgehead atoms. The van der Waals surface area contributed by atoms with Crippen molar-refractivity contribution in [2.45, 2.75) is 42.2 Å². The predicted octanol–water partition coefficient (Wildman–Crippen LogP) is 3.89. The van der Waals surface area contributed by atoms with Crippen molar-refractivity contribution < 1.29 is 4.79 Å². The summed E-state index contributed by atoms with van der Waals surface area (Å²) in [5.41, 5.74) is 6.15. The molecule has 25 heavy (non-hydrogen) atoms. The van der Waals surface area contributed by atoms with Gasteiger partial charge < -0.3 is 15.6 Å². The van der Waals surface area contributed by atoms with Gasteiger partial charge in [-0.15, -0.1) is 22.6 Å². The zero-order valence-electron chi connectivity index (χ0n) is 14.1. The van der Waals surface area contributed by atoms with Crippen molar-refractivity contribution in [3.63, 3.8) is 0 Å². The molecular weight excluding hydrogens is 381 g/mol. The van der Waals surface area contributed by atoms with Crippen molar-refractivity contribution in [2.24, 2.45) is 12.8 Å². The van der Waals surface area contributed by atoms with Crippen molar-refractivity contribution >= 4 is 47.4 Å². The number of halogens is 2. The highest BCUT2D eigenvalue weighted by molar-refractivity contribution is 7.99. The number of aryl methyl sites for hydroxylation is 1. The highest BCUT2D eigenvalue weighted by atomic mass is 35.5. The van der Waals surface area contributed by atoms with E-state index in [2.05, 4.69) is 15.5 Å². The van der Waals surface area contributed by atoms with Crippen LogP contribution in [-0.4, -0.2) is 27.2 Å². The van der Waals surface area contributed by atoms with E-state index in [9.17, 15) is 4.79 Å². The largest absolute Gasteiger partial charge is 0.330 e. The second kappa shape index (κ2) is 11.4. The van der Waals surface area contributed by atoms with E-state index in [0.717, 1.165) is 35.7 Å². The molecular formula is C16H23Cl2N5OS. The van der Waals surface area contributed by atoms with Gasteiger partial charge in [0.25, 0.3) is 0 Å². The molecule has 0 spiro atoms. The van der Waals surface area contributed by atoms with Crippen LogP contribution in [0.1, 0.15) is 32.1 Å². The molecule has 0 fully saturated rings. The van der Waals surface area contributed by atoms with Crippen LogP contribution in [0.5, 0.6) is 0 Å². The number of benzene rings is 1. The number of aromatic nitrogens is 3. The Kier molecular flexibility index (Phi) is 9.89. The van der Waals surface area contributed by atoms with Crippen LogP contribution in [0.25, 0.3) is 0 Å². The number of rotatable bonds is 9. The molecule has 0 aliphatic carbocycles. The monoisotopic (exact) mass is 403 g/mol. The van der Waals surface area contributed by atoms with Crippen LogP contribution >= 0.6 is 35.8 Å². The van der Waals surface area contributed by atoms with Gasteiger partial charge in [-0.05, 0) is 49.3 Å². The fraction of sp³-hybridized carbons (Fsp3) is 0.438. The molecule has 0 atom stereocenters. The zero-order chi connectivity index (χ0) is 17.4. The van der Waals surface area contributed by atoms with E-state index in [1.54, 1.807) is 12.4 Å². The number of hydrogen-bond donors (Lipinski definition) is 2. The molecule has 0 saturated carbocycles. The van der Waals surface area contributed by atoms with Gasteiger partial charge in [0.1, 0.15) is 6.33 Å². The number of nitrogens with two attached hydrogens (primary N) is 1. The molecule has 0 saturated heterocycles. The molecule has 0 radical (unpaired) electrons. The van der Waals surface area contributed by atoms with Crippen LogP contribution < -0.4 is 11.1 Å². The third kappa shape index (κ3) is 7.23. The summed E-state index contributed by atoms with van der Waals surface area (Å²) >= 11 is 7.73. The first-order valence-electron chi connectivity index (χ1n) is 7.91. The number of amides is 1. The van der Waals surface area contributed by atoms with Gasteiger partial charge in [0.05, 0.1) is 5.02 Å². The average molecular weight is 404 g/mol. The van der Waals surface area contributed by atoms with Gasteiger partial charge in [0.15, 0.2) is 5.16 Å². The van der Waals surface area contributed by atoms with Crippen molar-refractivity contribution in [1.29, 1.82) is 0 Å². The Morgan fingerprint density at radius 3 is 2.72 bits per heavy atom. The quantitative estimate of drug-likeness (QED) is 0.620. The summed E-state index contributed by atoms with van der Waals surface area (Å²) < 4.78 is 1.82. The molecule has 9 heteroatoms. The number of anilines is 1. The lowest BCUT2D eigenvalue weighted by atomic mass is 10.1. The van der Waals surface area contributed by atoms with Crippen molar-refractivity contribution in [1.82, 2.24) is 14.8 Å². The van der Waals surface area contributed by atoms with Crippen LogP contribution in [0, 0.1) is 0 Å². The van der Waals surface area contributed by atoms with Gasteiger partial charge in [-0.3, -0.25) is 4.79 Å². The lowest BCUT2D eigenvalue weighted by Gasteiger charge is -2.08. The molecule has 1 heterocycles. The maximum absolute atomic E-state index is 11.9. The Labute approximate surface area is 163 Å². The smallest absolute Gasteiger partial charge is 0.224 e. The molecule has 0 unspecified atom stereocenters. The van der Waals surface area contributed by atoms with E-state index in [0.29, 0.717) is 23.7 Å². The Morgan fingerprint density at radius 1 is 1.32 bits per heavy atom. The lowest BCUT2D eigenvalue weighted by Crippen LogP contribution is -2.11. The highest BCUT2D eigenvalue weighted by Gasteiger charge is 2.09. The minimum absolute atomic E-state index is 0. The Morgan fingerprint density at radius 2 is 2.08 bits per heavy atom. The van der Waals surface area contributed by atoms with Crippen molar-refractivity contribution in [2.75, 3.05) is 11.9 Å². The molecule has 6 nitrogen and oxygen atoms in total. The maximum atomic E-state index is 11.9. The van der Waals surface area contributed by atoms with E-state index in [-0.39, 0.29) is 18.3 Å². The normalized spacial score (nSPS) is 10.4. The van der Waals surface area contributed by atoms with Gasteiger partial charge in [0, 0.05) is 24.1 Å². The second-order valence-electron chi connectivity index (χ2n) is 5.47. The Bertz CT molecular complexity index is 680. The summed E-state index contributed by atoms with van der Waals surface area (Å²) in [4.78, 5) is 12.8.